The zero-order valence-corrected chi connectivity index (χ0v) is 11.7. The molecule has 2 aliphatic rings. The highest BCUT2D eigenvalue weighted by molar-refractivity contribution is 5.38. The molecule has 0 bridgehead atoms. The van der Waals surface area contributed by atoms with Crippen LogP contribution in [-0.2, 0) is 0 Å². The number of fused-ring (bicyclic) bond motifs is 3. The van der Waals surface area contributed by atoms with Gasteiger partial charge in [0.1, 0.15) is 11.4 Å². The molecule has 104 valence electrons. The lowest BCUT2D eigenvalue weighted by atomic mass is 9.64. The fraction of sp³-hybridized carbons (Fsp3) is 0.667. The predicted octanol–water partition coefficient (Wildman–Crippen LogP) is 2.78. The molecule has 3 rings (SSSR count). The molecule has 4 nitrogen and oxygen atoms in total. The largest absolute Gasteiger partial charge is 0.487 e. The molecule has 1 aliphatic heterocycles. The second-order valence-electron chi connectivity index (χ2n) is 6.58. The van der Waals surface area contributed by atoms with Gasteiger partial charge in [0, 0.05) is 12.0 Å². The molecule has 1 aromatic rings. The van der Waals surface area contributed by atoms with Crippen LogP contribution in [0.5, 0.6) is 5.75 Å². The smallest absolute Gasteiger partial charge is 0.290 e. The Bertz CT molecular complexity index is 561. The lowest BCUT2D eigenvalue weighted by Crippen LogP contribution is -2.48. The molecule has 1 N–H and O–H groups in total. The molecule has 0 unspecified atom stereocenters. The topological polar surface area (TPSA) is 51.5 Å². The number of hydrogen-bond donors (Lipinski definition) is 1. The maximum atomic E-state index is 12.2. The van der Waals surface area contributed by atoms with Crippen molar-refractivity contribution in [1.82, 2.24) is 4.73 Å². The summed E-state index contributed by atoms with van der Waals surface area (Å²) in [6.45, 7) is 6.45. The third-order valence-corrected chi connectivity index (χ3v) is 4.82. The Morgan fingerprint density at radius 3 is 2.89 bits per heavy atom. The molecule has 4 heteroatoms. The summed E-state index contributed by atoms with van der Waals surface area (Å²) in [6, 6.07) is 1.70. The summed E-state index contributed by atoms with van der Waals surface area (Å²) in [5.41, 5.74) is 0.101. The van der Waals surface area contributed by atoms with Gasteiger partial charge in [-0.2, -0.15) is 4.73 Å². The van der Waals surface area contributed by atoms with Crippen LogP contribution >= 0.6 is 0 Å². The summed E-state index contributed by atoms with van der Waals surface area (Å²) in [7, 11) is 0. The van der Waals surface area contributed by atoms with E-state index in [4.69, 9.17) is 4.74 Å². The van der Waals surface area contributed by atoms with Gasteiger partial charge in [-0.15, -0.1) is 0 Å². The van der Waals surface area contributed by atoms with Crippen molar-refractivity contribution in [3.8, 4) is 5.75 Å². The number of hydrogen-bond acceptors (Lipinski definition) is 3. The SMILES string of the molecule is C[C@H]1CC[C@H]2[C@H](C1)c1c(ccn(O)c1=O)OC2(C)C. The van der Waals surface area contributed by atoms with Gasteiger partial charge in [-0.1, -0.05) is 13.3 Å². The highest BCUT2D eigenvalue weighted by Gasteiger charge is 2.47. The minimum absolute atomic E-state index is 0.203. The average Bonchev–Trinajstić information content (AvgIpc) is 2.33. The first-order valence-corrected chi connectivity index (χ1v) is 7.04. The van der Waals surface area contributed by atoms with Crippen molar-refractivity contribution in [2.45, 2.75) is 51.6 Å². The summed E-state index contributed by atoms with van der Waals surface area (Å²) >= 11 is 0. The third kappa shape index (κ3) is 1.85. The zero-order chi connectivity index (χ0) is 13.8. The molecule has 1 aromatic heterocycles. The van der Waals surface area contributed by atoms with E-state index < -0.39 is 0 Å². The summed E-state index contributed by atoms with van der Waals surface area (Å²) in [5, 5.41) is 9.61. The predicted molar refractivity (Wildman–Crippen MR) is 71.8 cm³/mol. The van der Waals surface area contributed by atoms with Crippen molar-refractivity contribution in [1.29, 1.82) is 0 Å². The van der Waals surface area contributed by atoms with E-state index in [1.165, 1.54) is 12.6 Å². The molecule has 1 fully saturated rings. The van der Waals surface area contributed by atoms with Crippen molar-refractivity contribution in [3.63, 3.8) is 0 Å². The van der Waals surface area contributed by atoms with Crippen LogP contribution in [-0.4, -0.2) is 15.5 Å². The van der Waals surface area contributed by atoms with Crippen molar-refractivity contribution >= 4 is 0 Å². The van der Waals surface area contributed by atoms with E-state index in [2.05, 4.69) is 20.8 Å². The van der Waals surface area contributed by atoms with Crippen LogP contribution in [0.2, 0.25) is 0 Å². The second kappa shape index (κ2) is 4.02. The average molecular weight is 263 g/mol. The molecule has 1 aliphatic carbocycles. The van der Waals surface area contributed by atoms with Crippen molar-refractivity contribution in [2.75, 3.05) is 0 Å². The van der Waals surface area contributed by atoms with Crippen LogP contribution in [0, 0.1) is 11.8 Å². The molecule has 2 heterocycles. The van der Waals surface area contributed by atoms with E-state index in [1.54, 1.807) is 6.07 Å². The Kier molecular flexibility index (Phi) is 2.66. The zero-order valence-electron chi connectivity index (χ0n) is 11.7. The van der Waals surface area contributed by atoms with E-state index in [1.807, 2.05) is 0 Å². The Morgan fingerprint density at radius 1 is 1.42 bits per heavy atom. The van der Waals surface area contributed by atoms with Crippen LogP contribution in [0.3, 0.4) is 0 Å². The minimum atomic E-state index is -0.322. The van der Waals surface area contributed by atoms with Gasteiger partial charge in [0.25, 0.3) is 5.56 Å². The summed E-state index contributed by atoms with van der Waals surface area (Å²) in [6.07, 6.45) is 4.63. The lowest BCUT2D eigenvalue weighted by molar-refractivity contribution is -0.0159. The molecule has 3 atom stereocenters. The molecule has 1 saturated carbocycles. The maximum Gasteiger partial charge on any atom is 0.290 e. The van der Waals surface area contributed by atoms with Gasteiger partial charge >= 0.3 is 0 Å². The highest BCUT2D eigenvalue weighted by atomic mass is 16.5. The molecule has 0 spiro atoms. The number of nitrogens with zero attached hydrogens (tertiary/aromatic N) is 1. The molecule has 0 aromatic carbocycles. The van der Waals surface area contributed by atoms with Gasteiger partial charge in [0.2, 0.25) is 0 Å². The van der Waals surface area contributed by atoms with E-state index in [0.29, 0.717) is 27.9 Å². The van der Waals surface area contributed by atoms with Gasteiger partial charge in [-0.25, -0.2) is 0 Å². The summed E-state index contributed by atoms with van der Waals surface area (Å²) in [4.78, 5) is 12.2. The Hall–Kier alpha value is -1.45. The fourth-order valence-electron chi connectivity index (χ4n) is 3.85. The van der Waals surface area contributed by atoms with Crippen molar-refractivity contribution in [2.24, 2.45) is 11.8 Å². The molecule has 0 saturated heterocycles. The Labute approximate surface area is 113 Å². The van der Waals surface area contributed by atoms with E-state index in [9.17, 15) is 10.0 Å². The lowest BCUT2D eigenvalue weighted by Gasteiger charge is -2.48. The van der Waals surface area contributed by atoms with Gasteiger partial charge < -0.3 is 9.94 Å². The quantitative estimate of drug-likeness (QED) is 0.732. The number of ether oxygens (including phenoxy) is 1. The van der Waals surface area contributed by atoms with Crippen molar-refractivity contribution in [3.05, 3.63) is 28.2 Å². The van der Waals surface area contributed by atoms with Crippen LogP contribution in [0.4, 0.5) is 0 Å². The van der Waals surface area contributed by atoms with Gasteiger partial charge in [0.05, 0.1) is 11.8 Å². The van der Waals surface area contributed by atoms with Crippen LogP contribution in [0.25, 0.3) is 0 Å². The Morgan fingerprint density at radius 2 is 2.16 bits per heavy atom. The molecular formula is C15H21NO3. The summed E-state index contributed by atoms with van der Waals surface area (Å²) in [5.74, 6) is 1.83. The Balaban J connectivity index is 2.17. The molecule has 0 amide bonds. The van der Waals surface area contributed by atoms with Crippen molar-refractivity contribution < 1.29 is 9.94 Å². The van der Waals surface area contributed by atoms with E-state index >= 15 is 0 Å². The molecular weight excluding hydrogens is 242 g/mol. The standard InChI is InChI=1S/C15H21NO3/c1-9-4-5-11-10(8-9)13-12(19-15(11,2)3)6-7-16(18)14(13)17/h6-7,9-11,18H,4-5,8H2,1-3H3/t9-,10-,11-/m0/s1. The minimum Gasteiger partial charge on any atom is -0.487 e. The number of rotatable bonds is 0. The van der Waals surface area contributed by atoms with Gasteiger partial charge in [0.15, 0.2) is 0 Å². The highest BCUT2D eigenvalue weighted by Crippen LogP contribution is 2.51. The normalized spacial score (nSPS) is 32.1. The van der Waals surface area contributed by atoms with Crippen LogP contribution in [0.1, 0.15) is 51.5 Å². The maximum absolute atomic E-state index is 12.2. The van der Waals surface area contributed by atoms with E-state index in [-0.39, 0.29) is 17.1 Å². The third-order valence-electron chi connectivity index (χ3n) is 4.82. The van der Waals surface area contributed by atoms with Crippen LogP contribution in [0.15, 0.2) is 17.1 Å². The van der Waals surface area contributed by atoms with Gasteiger partial charge in [-0.3, -0.25) is 4.79 Å². The number of aromatic nitrogens is 1. The van der Waals surface area contributed by atoms with Gasteiger partial charge in [-0.05, 0) is 38.5 Å². The fourth-order valence-corrected chi connectivity index (χ4v) is 3.85. The molecule has 0 radical (unpaired) electrons. The second-order valence-corrected chi connectivity index (χ2v) is 6.58. The first-order chi connectivity index (χ1) is 8.90. The first kappa shape index (κ1) is 12.6. The van der Waals surface area contributed by atoms with E-state index in [0.717, 1.165) is 12.8 Å². The van der Waals surface area contributed by atoms with Crippen LogP contribution < -0.4 is 10.3 Å². The monoisotopic (exact) mass is 263 g/mol. The molecule has 19 heavy (non-hydrogen) atoms. The first-order valence-electron chi connectivity index (χ1n) is 7.04. The summed E-state index contributed by atoms with van der Waals surface area (Å²) < 4.78 is 6.71. The number of pyridine rings is 1.